The summed E-state index contributed by atoms with van der Waals surface area (Å²) >= 11 is 0. The zero-order valence-electron chi connectivity index (χ0n) is 30.2. The molecule has 6 aromatic rings. The normalized spacial score (nSPS) is 10.7. The minimum Gasteiger partial charge on any atom is -0.494 e. The molecule has 0 saturated carbocycles. The van der Waals surface area contributed by atoms with Gasteiger partial charge < -0.3 is 28.4 Å². The van der Waals surface area contributed by atoms with Crippen LogP contribution in [0.1, 0.15) is 68.1 Å². The Hall–Kier alpha value is -7.08. The molecule has 10 nitrogen and oxygen atoms in total. The number of ether oxygens (including phenoxy) is 6. The molecular weight excluding hydrogens is 726 g/mol. The molecule has 0 bridgehead atoms. The van der Waals surface area contributed by atoms with Gasteiger partial charge in [0.05, 0.1) is 35.5 Å². The fourth-order valence-corrected chi connectivity index (χ4v) is 5.25. The van der Waals surface area contributed by atoms with Crippen molar-refractivity contribution in [2.45, 2.75) is 26.7 Å². The van der Waals surface area contributed by atoms with E-state index < -0.39 is 46.6 Å². The summed E-state index contributed by atoms with van der Waals surface area (Å²) in [5.74, 6) is -4.32. The van der Waals surface area contributed by atoms with Crippen LogP contribution in [0.2, 0.25) is 0 Å². The summed E-state index contributed by atoms with van der Waals surface area (Å²) in [4.78, 5) is 51.0. The number of benzene rings is 6. The lowest BCUT2D eigenvalue weighted by Gasteiger charge is -2.10. The largest absolute Gasteiger partial charge is 0.494 e. The lowest BCUT2D eigenvalue weighted by atomic mass is 10.1. The Morgan fingerprint density at radius 2 is 0.750 bits per heavy atom. The molecule has 6 rings (SSSR count). The first kappa shape index (κ1) is 38.6. The van der Waals surface area contributed by atoms with E-state index in [0.29, 0.717) is 35.5 Å². The van der Waals surface area contributed by atoms with E-state index in [1.807, 2.05) is 13.8 Å². The number of rotatable bonds is 14. The van der Waals surface area contributed by atoms with Gasteiger partial charge in [-0.25, -0.2) is 28.0 Å². The molecule has 0 aromatic heterocycles. The monoisotopic (exact) mass is 760 g/mol. The lowest BCUT2D eigenvalue weighted by molar-refractivity contribution is 0.0715. The summed E-state index contributed by atoms with van der Waals surface area (Å²) < 4.78 is 62.4. The molecule has 0 fully saturated rings. The SMILES string of the molecule is CCCOc1ccc(C(=O)Oc2ccc(C(=O)Oc3ccc4ccc(OC(=O)c5ccc(OC(=O)c6ccc(OCCC)cc6)cc5F)cc4c3)c(F)c2)cc1. The summed E-state index contributed by atoms with van der Waals surface area (Å²) in [5.41, 5.74) is -0.354. The third kappa shape index (κ3) is 9.71. The van der Waals surface area contributed by atoms with Crippen molar-refractivity contribution in [2.75, 3.05) is 13.2 Å². The summed E-state index contributed by atoms with van der Waals surface area (Å²) in [6, 6.07) is 28.5. The van der Waals surface area contributed by atoms with E-state index in [0.717, 1.165) is 37.1 Å². The fourth-order valence-electron chi connectivity index (χ4n) is 5.25. The van der Waals surface area contributed by atoms with Crippen LogP contribution in [0, 0.1) is 11.6 Å². The molecule has 0 heterocycles. The van der Waals surface area contributed by atoms with E-state index in [9.17, 15) is 19.2 Å². The van der Waals surface area contributed by atoms with Gasteiger partial charge in [-0.05, 0) is 121 Å². The number of hydrogen-bond donors (Lipinski definition) is 0. The predicted octanol–water partition coefficient (Wildman–Crippen LogP) is 9.57. The van der Waals surface area contributed by atoms with Gasteiger partial charge in [0.15, 0.2) is 0 Å². The Balaban J connectivity index is 1.06. The van der Waals surface area contributed by atoms with Gasteiger partial charge in [0.2, 0.25) is 0 Å². The number of carbonyl (C=O) groups is 4. The van der Waals surface area contributed by atoms with Crippen LogP contribution in [-0.4, -0.2) is 37.1 Å². The van der Waals surface area contributed by atoms with Crippen molar-refractivity contribution in [3.8, 4) is 34.5 Å². The van der Waals surface area contributed by atoms with Gasteiger partial charge in [-0.15, -0.1) is 0 Å². The van der Waals surface area contributed by atoms with E-state index >= 15 is 8.78 Å². The molecule has 0 unspecified atom stereocenters. The van der Waals surface area contributed by atoms with Crippen molar-refractivity contribution in [1.29, 1.82) is 0 Å². The Morgan fingerprint density at radius 1 is 0.411 bits per heavy atom. The number of esters is 4. The summed E-state index contributed by atoms with van der Waals surface area (Å²) in [7, 11) is 0. The highest BCUT2D eigenvalue weighted by atomic mass is 19.1. The molecular formula is C44H34F2O10. The van der Waals surface area contributed by atoms with E-state index in [1.54, 1.807) is 36.4 Å². The molecule has 0 saturated heterocycles. The molecule has 0 N–H and O–H groups in total. The maximum atomic E-state index is 15.0. The zero-order chi connectivity index (χ0) is 39.6. The molecule has 0 aliphatic rings. The van der Waals surface area contributed by atoms with Crippen LogP contribution in [0.25, 0.3) is 10.8 Å². The third-order valence-corrected chi connectivity index (χ3v) is 8.07. The van der Waals surface area contributed by atoms with E-state index in [1.165, 1.54) is 60.7 Å². The molecule has 12 heteroatoms. The van der Waals surface area contributed by atoms with Crippen molar-refractivity contribution in [1.82, 2.24) is 0 Å². The molecule has 6 aromatic carbocycles. The second-order valence-corrected chi connectivity index (χ2v) is 12.3. The van der Waals surface area contributed by atoms with Gasteiger partial charge >= 0.3 is 23.9 Å². The van der Waals surface area contributed by atoms with Crippen LogP contribution in [0.15, 0.2) is 121 Å². The Kier molecular flexibility index (Phi) is 12.3. The fraction of sp³-hybridized carbons (Fsp3) is 0.136. The highest BCUT2D eigenvalue weighted by Crippen LogP contribution is 2.28. The maximum Gasteiger partial charge on any atom is 0.346 e. The average Bonchev–Trinajstić information content (AvgIpc) is 3.19. The van der Waals surface area contributed by atoms with E-state index in [4.69, 9.17) is 28.4 Å². The lowest BCUT2D eigenvalue weighted by Crippen LogP contribution is -2.12. The van der Waals surface area contributed by atoms with Gasteiger partial charge in [0, 0.05) is 12.1 Å². The van der Waals surface area contributed by atoms with Crippen LogP contribution in [0.4, 0.5) is 8.78 Å². The molecule has 0 atom stereocenters. The van der Waals surface area contributed by atoms with Crippen molar-refractivity contribution in [3.05, 3.63) is 155 Å². The van der Waals surface area contributed by atoms with E-state index in [-0.39, 0.29) is 34.1 Å². The molecule has 284 valence electrons. The highest BCUT2D eigenvalue weighted by molar-refractivity contribution is 5.95. The molecule has 0 aliphatic carbocycles. The topological polar surface area (TPSA) is 124 Å². The number of carbonyl (C=O) groups excluding carboxylic acids is 4. The number of halogens is 2. The first-order valence-corrected chi connectivity index (χ1v) is 17.6. The predicted molar refractivity (Wildman–Crippen MR) is 201 cm³/mol. The molecule has 0 spiro atoms. The van der Waals surface area contributed by atoms with Gasteiger partial charge in [-0.2, -0.15) is 0 Å². The molecule has 56 heavy (non-hydrogen) atoms. The van der Waals surface area contributed by atoms with Crippen molar-refractivity contribution < 1.29 is 56.4 Å². The zero-order valence-corrected chi connectivity index (χ0v) is 30.2. The quantitative estimate of drug-likeness (QED) is 0.0783. The highest BCUT2D eigenvalue weighted by Gasteiger charge is 2.19. The van der Waals surface area contributed by atoms with Crippen molar-refractivity contribution >= 4 is 34.6 Å². The maximum absolute atomic E-state index is 15.0. The summed E-state index contributed by atoms with van der Waals surface area (Å²) in [6.45, 7) is 5.02. The van der Waals surface area contributed by atoms with Gasteiger partial charge in [-0.3, -0.25) is 0 Å². The van der Waals surface area contributed by atoms with Crippen molar-refractivity contribution in [3.63, 3.8) is 0 Å². The van der Waals surface area contributed by atoms with Gasteiger partial charge in [0.25, 0.3) is 0 Å². The molecule has 0 aliphatic heterocycles. The van der Waals surface area contributed by atoms with Crippen molar-refractivity contribution in [2.24, 2.45) is 0 Å². The van der Waals surface area contributed by atoms with Crippen LogP contribution in [0.5, 0.6) is 34.5 Å². The Morgan fingerprint density at radius 3 is 1.12 bits per heavy atom. The second kappa shape index (κ2) is 17.8. The van der Waals surface area contributed by atoms with E-state index in [2.05, 4.69) is 0 Å². The van der Waals surface area contributed by atoms with Crippen LogP contribution in [-0.2, 0) is 0 Å². The van der Waals surface area contributed by atoms with Crippen LogP contribution < -0.4 is 28.4 Å². The Labute approximate surface area is 320 Å². The van der Waals surface area contributed by atoms with Crippen LogP contribution >= 0.6 is 0 Å². The second-order valence-electron chi connectivity index (χ2n) is 12.3. The number of hydrogen-bond acceptors (Lipinski definition) is 10. The first-order chi connectivity index (χ1) is 27.1. The number of fused-ring (bicyclic) bond motifs is 1. The first-order valence-electron chi connectivity index (χ1n) is 17.6. The van der Waals surface area contributed by atoms with Crippen LogP contribution in [0.3, 0.4) is 0 Å². The minimum absolute atomic E-state index is 0.0594. The third-order valence-electron chi connectivity index (χ3n) is 8.07. The summed E-state index contributed by atoms with van der Waals surface area (Å²) in [5, 5.41) is 1.17. The standard InChI is InChI=1S/C44H34F2O10/c1-3-21-51-31-11-7-28(8-12-31)41(47)53-35-17-19-37(39(45)25-35)43(49)55-33-15-5-27-6-16-34(24-30(27)23-33)56-44(50)38-20-18-36(26-40(38)46)54-42(48)29-9-13-32(14-10-29)52-22-4-2/h5-20,23-26H,3-4,21-22H2,1-2H3. The molecule has 0 amide bonds. The van der Waals surface area contributed by atoms with Gasteiger partial charge in [-0.1, -0.05) is 26.0 Å². The Bertz CT molecular complexity index is 2230. The molecule has 0 radical (unpaired) electrons. The minimum atomic E-state index is -1.01. The van der Waals surface area contributed by atoms with Gasteiger partial charge in [0.1, 0.15) is 46.1 Å². The smallest absolute Gasteiger partial charge is 0.346 e. The summed E-state index contributed by atoms with van der Waals surface area (Å²) in [6.07, 6.45) is 1.67. The average molecular weight is 761 g/mol.